The second-order valence-electron chi connectivity index (χ2n) is 11.3. The average molecular weight is 593 g/mol. The van der Waals surface area contributed by atoms with Crippen molar-refractivity contribution in [3.05, 3.63) is 182 Å². The molecule has 0 aliphatic rings. The highest BCUT2D eigenvalue weighted by Gasteiger charge is 2.25. The van der Waals surface area contributed by atoms with Gasteiger partial charge in [-0.05, 0) is 22.3 Å². The molecule has 0 aliphatic carbocycles. The molecule has 0 saturated heterocycles. The fraction of sp³-hybridized carbons (Fsp3) is 0. The maximum Gasteiger partial charge on any atom is 0.235 e. The maximum atomic E-state index is 3.70. The highest BCUT2D eigenvalue weighted by Crippen LogP contribution is 2.42. The van der Waals surface area contributed by atoms with Crippen LogP contribution in [0.25, 0.3) is 67.3 Å². The van der Waals surface area contributed by atoms with Crippen molar-refractivity contribution in [1.29, 1.82) is 0 Å². The summed E-state index contributed by atoms with van der Waals surface area (Å²) in [5.41, 5.74) is 13.5. The second kappa shape index (κ2) is 12.0. The van der Waals surface area contributed by atoms with E-state index in [4.69, 9.17) is 0 Å². The Balaban J connectivity index is 1.34. The Morgan fingerprint density at radius 2 is 0.565 bits per heavy atom. The average Bonchev–Trinajstić information content (AvgIpc) is 3.79. The van der Waals surface area contributed by atoms with Gasteiger partial charge >= 0.3 is 0 Å². The van der Waals surface area contributed by atoms with Crippen LogP contribution in [-0.2, 0) is 0 Å². The Morgan fingerprint density at radius 3 is 0.913 bits per heavy atom. The summed E-state index contributed by atoms with van der Waals surface area (Å²) in [5.74, 6) is 0. The third-order valence-electron chi connectivity index (χ3n) is 8.44. The van der Waals surface area contributed by atoms with Crippen molar-refractivity contribution < 1.29 is 9.36 Å². The topological polar surface area (TPSA) is 39.3 Å². The van der Waals surface area contributed by atoms with Crippen LogP contribution >= 0.6 is 0 Å². The van der Waals surface area contributed by atoms with Gasteiger partial charge in [-0.2, -0.15) is 10.2 Å². The molecule has 0 fully saturated rings. The zero-order valence-corrected chi connectivity index (χ0v) is 25.2. The van der Waals surface area contributed by atoms with Crippen LogP contribution in [0.15, 0.2) is 182 Å². The largest absolute Gasteiger partial charge is 0.235 e. The summed E-state index contributed by atoms with van der Waals surface area (Å²) in [5, 5.41) is 7.40. The van der Waals surface area contributed by atoms with Crippen LogP contribution < -0.4 is 9.36 Å². The molecule has 4 nitrogen and oxygen atoms in total. The van der Waals surface area contributed by atoms with Gasteiger partial charge < -0.3 is 0 Å². The van der Waals surface area contributed by atoms with E-state index in [-0.39, 0.29) is 0 Å². The third kappa shape index (κ3) is 5.12. The quantitative estimate of drug-likeness (QED) is 0.173. The Kier molecular flexibility index (Phi) is 7.14. The molecular formula is C42H32N4+2. The molecule has 0 aliphatic heterocycles. The van der Waals surface area contributed by atoms with E-state index in [1.54, 1.807) is 0 Å². The zero-order chi connectivity index (χ0) is 30.7. The summed E-state index contributed by atoms with van der Waals surface area (Å²) in [7, 11) is 0. The first-order valence-electron chi connectivity index (χ1n) is 15.5. The Labute approximate surface area is 268 Å². The second-order valence-corrected chi connectivity index (χ2v) is 11.3. The predicted octanol–water partition coefficient (Wildman–Crippen LogP) is 9.23. The zero-order valence-electron chi connectivity index (χ0n) is 25.2. The van der Waals surface area contributed by atoms with E-state index < -0.39 is 0 Å². The molecule has 0 bridgehead atoms. The first kappa shape index (κ1) is 27.3. The number of para-hydroxylation sites is 2. The van der Waals surface area contributed by atoms with Gasteiger partial charge in [0.05, 0.1) is 11.1 Å². The van der Waals surface area contributed by atoms with E-state index in [2.05, 4.69) is 190 Å². The van der Waals surface area contributed by atoms with E-state index in [1.165, 1.54) is 11.1 Å². The Bertz CT molecular complexity index is 2070. The van der Waals surface area contributed by atoms with Gasteiger partial charge in [0.2, 0.25) is 23.8 Å². The molecule has 4 heteroatoms. The van der Waals surface area contributed by atoms with Crippen molar-refractivity contribution in [3.63, 3.8) is 0 Å². The molecule has 46 heavy (non-hydrogen) atoms. The summed E-state index contributed by atoms with van der Waals surface area (Å²) >= 11 is 0. The molecule has 2 heterocycles. The molecule has 6 aromatic carbocycles. The van der Waals surface area contributed by atoms with E-state index in [1.807, 2.05) is 12.1 Å². The lowest BCUT2D eigenvalue weighted by Crippen LogP contribution is -2.31. The van der Waals surface area contributed by atoms with Crippen molar-refractivity contribution in [1.82, 2.24) is 10.2 Å². The predicted molar refractivity (Wildman–Crippen MR) is 185 cm³/mol. The third-order valence-corrected chi connectivity index (χ3v) is 8.44. The van der Waals surface area contributed by atoms with Crippen LogP contribution in [-0.4, -0.2) is 10.2 Å². The molecule has 2 aromatic heterocycles. The molecule has 218 valence electrons. The summed E-state index contributed by atoms with van der Waals surface area (Å²) in [6, 6.07) is 59.4. The molecule has 0 radical (unpaired) electrons. The fourth-order valence-corrected chi connectivity index (χ4v) is 6.23. The van der Waals surface area contributed by atoms with Crippen molar-refractivity contribution >= 4 is 0 Å². The van der Waals surface area contributed by atoms with Crippen molar-refractivity contribution in [2.24, 2.45) is 0 Å². The molecule has 2 N–H and O–H groups in total. The number of hydrogen-bond acceptors (Lipinski definition) is 0. The van der Waals surface area contributed by atoms with E-state index >= 15 is 0 Å². The van der Waals surface area contributed by atoms with Gasteiger partial charge in [0.25, 0.3) is 0 Å². The minimum Gasteiger partial charge on any atom is -0.159 e. The number of nitrogens with one attached hydrogen (secondary N) is 2. The lowest BCUT2D eigenvalue weighted by atomic mass is 9.88. The summed E-state index contributed by atoms with van der Waals surface area (Å²) < 4.78 is 4.23. The summed E-state index contributed by atoms with van der Waals surface area (Å²) in [6.07, 6.45) is 4.43. The lowest BCUT2D eigenvalue weighted by molar-refractivity contribution is -0.654. The van der Waals surface area contributed by atoms with Gasteiger partial charge in [0.1, 0.15) is 11.4 Å². The van der Waals surface area contributed by atoms with Gasteiger partial charge in [-0.1, -0.05) is 155 Å². The van der Waals surface area contributed by atoms with Gasteiger partial charge in [-0.25, -0.2) is 0 Å². The molecule has 0 spiro atoms. The van der Waals surface area contributed by atoms with Crippen LogP contribution in [0.3, 0.4) is 0 Å². The minimum absolute atomic E-state index is 1.07. The number of nitrogens with zero attached hydrogens (tertiary/aromatic N) is 2. The number of rotatable bonds is 7. The fourth-order valence-electron chi connectivity index (χ4n) is 6.23. The van der Waals surface area contributed by atoms with Crippen LogP contribution in [0, 0.1) is 0 Å². The minimum atomic E-state index is 1.07. The maximum absolute atomic E-state index is 3.70. The normalized spacial score (nSPS) is 11.0. The summed E-state index contributed by atoms with van der Waals surface area (Å²) in [4.78, 5) is 0. The number of aromatic amines is 2. The van der Waals surface area contributed by atoms with Crippen molar-refractivity contribution in [2.45, 2.75) is 0 Å². The first-order chi connectivity index (χ1) is 22.8. The number of aromatic nitrogens is 4. The van der Waals surface area contributed by atoms with Crippen LogP contribution in [0.4, 0.5) is 0 Å². The standard InChI is InChI=1S/C42H30N4/c1-5-17-31(18-6-1)41-39(29-45(43-41)33-21-9-3-10-22-33)37-27-15-13-25-35(37)36-26-14-16-28-38(36)40-30-46(34-23-11-4-12-24-34)44-42(40)32-19-7-2-8-20-32/h1-30H/p+2. The number of hydrogen-bond donors (Lipinski definition) is 2. The van der Waals surface area contributed by atoms with E-state index in [0.717, 1.165) is 56.1 Å². The Morgan fingerprint density at radius 1 is 0.283 bits per heavy atom. The number of benzene rings is 6. The monoisotopic (exact) mass is 592 g/mol. The highest BCUT2D eigenvalue weighted by atomic mass is 15.3. The van der Waals surface area contributed by atoms with Gasteiger partial charge in [0, 0.05) is 35.4 Å². The SMILES string of the molecule is c1ccc(-c2[nH][n+](-c3ccccc3)cc2-c2ccccc2-c2ccccc2-c2c[n+](-c3ccccc3)[nH]c2-c2ccccc2)cc1. The molecular weight excluding hydrogens is 560 g/mol. The van der Waals surface area contributed by atoms with Gasteiger partial charge in [0.15, 0.2) is 0 Å². The van der Waals surface area contributed by atoms with Crippen molar-refractivity contribution in [3.8, 4) is 67.3 Å². The van der Waals surface area contributed by atoms with E-state index in [9.17, 15) is 0 Å². The molecule has 8 aromatic rings. The lowest BCUT2D eigenvalue weighted by Gasteiger charge is -2.13. The van der Waals surface area contributed by atoms with Crippen molar-refractivity contribution in [2.75, 3.05) is 0 Å². The first-order valence-corrected chi connectivity index (χ1v) is 15.5. The molecule has 0 unspecified atom stereocenters. The van der Waals surface area contributed by atoms with Gasteiger partial charge in [-0.15, -0.1) is 0 Å². The molecule has 0 atom stereocenters. The summed E-state index contributed by atoms with van der Waals surface area (Å²) in [6.45, 7) is 0. The van der Waals surface area contributed by atoms with Crippen LogP contribution in [0.2, 0.25) is 0 Å². The van der Waals surface area contributed by atoms with Crippen LogP contribution in [0.1, 0.15) is 0 Å². The smallest absolute Gasteiger partial charge is 0.159 e. The number of H-pyrrole nitrogens is 2. The van der Waals surface area contributed by atoms with Crippen LogP contribution in [0.5, 0.6) is 0 Å². The molecule has 0 saturated carbocycles. The van der Waals surface area contributed by atoms with Gasteiger partial charge in [-0.3, -0.25) is 0 Å². The molecule has 8 rings (SSSR count). The highest BCUT2D eigenvalue weighted by molar-refractivity contribution is 5.96. The Hall–Kier alpha value is -6.26. The van der Waals surface area contributed by atoms with E-state index in [0.29, 0.717) is 0 Å². The molecule has 0 amide bonds.